The summed E-state index contributed by atoms with van der Waals surface area (Å²) in [5.74, 6) is 0.885. The van der Waals surface area contributed by atoms with Gasteiger partial charge in [-0.2, -0.15) is 0 Å². The number of nitrogens with zero attached hydrogens (tertiary/aromatic N) is 2. The number of benzene rings is 2. The van der Waals surface area contributed by atoms with Gasteiger partial charge in [0.05, 0.1) is 12.6 Å². The average molecular weight is 484 g/mol. The van der Waals surface area contributed by atoms with E-state index < -0.39 is 5.91 Å². The van der Waals surface area contributed by atoms with Gasteiger partial charge in [-0.1, -0.05) is 19.1 Å². The summed E-state index contributed by atoms with van der Waals surface area (Å²) in [7, 11) is 1.59. The molecule has 36 heavy (non-hydrogen) atoms. The summed E-state index contributed by atoms with van der Waals surface area (Å²) in [5, 5.41) is 0.908. The molecule has 184 valence electrons. The molecule has 0 radical (unpaired) electrons. The van der Waals surface area contributed by atoms with E-state index >= 15 is 0 Å². The van der Waals surface area contributed by atoms with Crippen LogP contribution in [-0.4, -0.2) is 23.0 Å². The second kappa shape index (κ2) is 10.1. The third kappa shape index (κ3) is 4.68. The number of ether oxygens (including phenoxy) is 1. The fourth-order valence-electron chi connectivity index (χ4n) is 5.70. The van der Waals surface area contributed by atoms with Crippen LogP contribution in [0.25, 0.3) is 22.0 Å². The number of methoxy groups -OCH3 is 1. The maximum Gasteiger partial charge on any atom is 0.248 e. The maximum absolute atomic E-state index is 14.0. The molecule has 5 rings (SSSR count). The molecule has 4 aromatic rings. The topological polar surface area (TPSA) is 78.1 Å². The number of carbonyl (C=O) groups is 1. The molecule has 2 N–H and O–H groups in total. The van der Waals surface area contributed by atoms with Gasteiger partial charge in [0.15, 0.2) is 0 Å². The Morgan fingerprint density at radius 1 is 1.00 bits per heavy atom. The Morgan fingerprint density at radius 3 is 2.47 bits per heavy atom. The molecule has 6 heteroatoms. The molecule has 2 aromatic carbocycles. The molecule has 0 unspecified atom stereocenters. The Morgan fingerprint density at radius 2 is 1.78 bits per heavy atom. The lowest BCUT2D eigenvalue weighted by atomic mass is 9.71. The average Bonchev–Trinajstić information content (AvgIpc) is 2.92. The Labute approximate surface area is 210 Å². The number of pyridine rings is 2. The van der Waals surface area contributed by atoms with Crippen molar-refractivity contribution in [2.24, 2.45) is 11.7 Å². The number of halogens is 1. The van der Waals surface area contributed by atoms with Crippen molar-refractivity contribution in [2.75, 3.05) is 7.11 Å². The van der Waals surface area contributed by atoms with Gasteiger partial charge in [0, 0.05) is 35.0 Å². The quantitative estimate of drug-likeness (QED) is 0.334. The van der Waals surface area contributed by atoms with Crippen molar-refractivity contribution < 1.29 is 13.9 Å². The summed E-state index contributed by atoms with van der Waals surface area (Å²) < 4.78 is 19.1. The third-order valence-electron chi connectivity index (χ3n) is 7.74. The van der Waals surface area contributed by atoms with E-state index in [4.69, 9.17) is 10.5 Å². The lowest BCUT2D eigenvalue weighted by Gasteiger charge is -2.34. The summed E-state index contributed by atoms with van der Waals surface area (Å²) in [6.07, 6.45) is 7.68. The lowest BCUT2D eigenvalue weighted by molar-refractivity contribution is 0.0998. The van der Waals surface area contributed by atoms with Crippen LogP contribution < -0.4 is 10.5 Å². The van der Waals surface area contributed by atoms with Crippen molar-refractivity contribution >= 4 is 16.8 Å². The van der Waals surface area contributed by atoms with Gasteiger partial charge < -0.3 is 10.5 Å². The number of rotatable bonds is 6. The fourth-order valence-corrected chi connectivity index (χ4v) is 5.70. The smallest absolute Gasteiger partial charge is 0.248 e. The first-order valence-electron chi connectivity index (χ1n) is 12.4. The fraction of sp³-hybridized carbons (Fsp3) is 0.300. The largest absolute Gasteiger partial charge is 0.481 e. The summed E-state index contributed by atoms with van der Waals surface area (Å²) in [6, 6.07) is 16.5. The highest BCUT2D eigenvalue weighted by molar-refractivity contribution is 5.95. The van der Waals surface area contributed by atoms with Gasteiger partial charge in [-0.05, 0) is 96.5 Å². The van der Waals surface area contributed by atoms with Crippen LogP contribution in [0.3, 0.4) is 0 Å². The highest BCUT2D eigenvalue weighted by Gasteiger charge is 2.29. The van der Waals surface area contributed by atoms with Crippen molar-refractivity contribution in [1.82, 2.24) is 9.97 Å². The molecular weight excluding hydrogens is 453 g/mol. The van der Waals surface area contributed by atoms with Crippen LogP contribution in [0, 0.1) is 11.7 Å². The van der Waals surface area contributed by atoms with Crippen molar-refractivity contribution in [1.29, 1.82) is 0 Å². The molecule has 2 heterocycles. The Bertz CT molecular complexity index is 1400. The number of fused-ring (bicyclic) bond motifs is 1. The number of carbonyl (C=O) groups excluding carboxylic acids is 1. The van der Waals surface area contributed by atoms with Crippen LogP contribution >= 0.6 is 0 Å². The molecule has 1 saturated carbocycles. The van der Waals surface area contributed by atoms with Crippen molar-refractivity contribution in [3.63, 3.8) is 0 Å². The molecule has 0 aliphatic heterocycles. The van der Waals surface area contributed by atoms with Crippen molar-refractivity contribution in [3.8, 4) is 17.0 Å². The van der Waals surface area contributed by atoms with Crippen LogP contribution in [0.4, 0.5) is 4.39 Å². The van der Waals surface area contributed by atoms with Crippen LogP contribution in [0.2, 0.25) is 0 Å². The minimum atomic E-state index is -0.407. The standard InChI is InChI=1S/C30H30FN3O2/c1-18(26-15-21(7-10-25(26)30(32)35)22-8-12-29(36-2)34-17-22)19-3-5-20(6-4-19)24-13-14-33-28-11-9-23(31)16-27(24)28/h7-20H,3-6H2,1-2H3,(H2,32,35)/t18-,19?,20?/m1/s1. The zero-order valence-corrected chi connectivity index (χ0v) is 20.6. The lowest BCUT2D eigenvalue weighted by Crippen LogP contribution is -2.22. The predicted octanol–water partition coefficient (Wildman–Crippen LogP) is 6.62. The first kappa shape index (κ1) is 23.9. The monoisotopic (exact) mass is 483 g/mol. The van der Waals surface area contributed by atoms with E-state index in [1.165, 1.54) is 11.6 Å². The number of primary amides is 1. The second-order valence-electron chi connectivity index (χ2n) is 9.72. The van der Waals surface area contributed by atoms with E-state index in [-0.39, 0.29) is 11.7 Å². The van der Waals surface area contributed by atoms with E-state index in [1.807, 2.05) is 36.5 Å². The first-order chi connectivity index (χ1) is 17.4. The summed E-state index contributed by atoms with van der Waals surface area (Å²) >= 11 is 0. The Hall–Kier alpha value is -3.80. The highest BCUT2D eigenvalue weighted by Crippen LogP contribution is 2.44. The molecule has 0 saturated heterocycles. The van der Waals surface area contributed by atoms with Gasteiger partial charge in [0.2, 0.25) is 11.8 Å². The van der Waals surface area contributed by atoms with Crippen LogP contribution in [-0.2, 0) is 0 Å². The molecule has 5 nitrogen and oxygen atoms in total. The van der Waals surface area contributed by atoms with Crippen molar-refractivity contribution in [3.05, 3.63) is 89.5 Å². The second-order valence-corrected chi connectivity index (χ2v) is 9.72. The molecule has 1 aliphatic carbocycles. The molecule has 1 fully saturated rings. The van der Waals surface area contributed by atoms with Gasteiger partial charge in [0.1, 0.15) is 5.82 Å². The van der Waals surface area contributed by atoms with Gasteiger partial charge in [0.25, 0.3) is 0 Å². The van der Waals surface area contributed by atoms with E-state index in [0.29, 0.717) is 23.3 Å². The minimum Gasteiger partial charge on any atom is -0.481 e. The van der Waals surface area contributed by atoms with Gasteiger partial charge in [-0.15, -0.1) is 0 Å². The number of hydrogen-bond donors (Lipinski definition) is 1. The third-order valence-corrected chi connectivity index (χ3v) is 7.74. The van der Waals surface area contributed by atoms with Gasteiger partial charge in [-0.25, -0.2) is 9.37 Å². The number of amides is 1. The zero-order chi connectivity index (χ0) is 25.2. The van der Waals surface area contributed by atoms with E-state index in [0.717, 1.165) is 53.3 Å². The molecule has 1 atom stereocenters. The van der Waals surface area contributed by atoms with Crippen LogP contribution in [0.5, 0.6) is 5.88 Å². The maximum atomic E-state index is 14.0. The zero-order valence-electron chi connectivity index (χ0n) is 20.6. The highest BCUT2D eigenvalue weighted by atomic mass is 19.1. The SMILES string of the molecule is COc1ccc(-c2ccc(C(N)=O)c([C@H](C)C3CCC(c4ccnc5ccc(F)cc45)CC3)c2)cn1. The summed E-state index contributed by atoms with van der Waals surface area (Å²) in [4.78, 5) is 21.0. The molecule has 0 bridgehead atoms. The number of hydrogen-bond acceptors (Lipinski definition) is 4. The van der Waals surface area contributed by atoms with E-state index in [9.17, 15) is 9.18 Å². The molecule has 1 amide bonds. The van der Waals surface area contributed by atoms with Crippen LogP contribution in [0.1, 0.15) is 65.9 Å². The molecule has 1 aliphatic rings. The first-order valence-corrected chi connectivity index (χ1v) is 12.4. The van der Waals surface area contributed by atoms with Crippen molar-refractivity contribution in [2.45, 2.75) is 44.4 Å². The summed E-state index contributed by atoms with van der Waals surface area (Å²) in [6.45, 7) is 2.19. The van der Waals surface area contributed by atoms with E-state index in [1.54, 1.807) is 25.4 Å². The predicted molar refractivity (Wildman–Crippen MR) is 140 cm³/mol. The minimum absolute atomic E-state index is 0.172. The Kier molecular flexibility index (Phi) is 6.68. The van der Waals surface area contributed by atoms with Gasteiger partial charge >= 0.3 is 0 Å². The number of aromatic nitrogens is 2. The normalized spacial score (nSPS) is 18.6. The van der Waals surface area contributed by atoms with E-state index in [2.05, 4.69) is 23.0 Å². The molecular formula is C30H30FN3O2. The van der Waals surface area contributed by atoms with Gasteiger partial charge in [-0.3, -0.25) is 9.78 Å². The number of nitrogens with two attached hydrogens (primary N) is 1. The summed E-state index contributed by atoms with van der Waals surface area (Å²) in [5.41, 5.74) is 11.3. The molecule has 2 aromatic heterocycles. The van der Waals surface area contributed by atoms with Crippen LogP contribution in [0.15, 0.2) is 67.0 Å². The Balaban J connectivity index is 1.38. The molecule has 0 spiro atoms.